The third-order valence-electron chi connectivity index (χ3n) is 5.38. The van der Waals surface area contributed by atoms with Crippen LogP contribution in [0.25, 0.3) is 0 Å². The third kappa shape index (κ3) is 4.82. The monoisotopic (exact) mass is 453 g/mol. The molecule has 4 rings (SSSR count). The molecule has 3 heterocycles. The van der Waals surface area contributed by atoms with Crippen LogP contribution in [0.15, 0.2) is 55.0 Å². The molecule has 9 heteroatoms. The number of carbonyl (C=O) groups excluding carboxylic acids is 2. The van der Waals surface area contributed by atoms with Crippen LogP contribution in [0, 0.1) is 6.92 Å². The summed E-state index contributed by atoms with van der Waals surface area (Å²) in [5, 5.41) is 0. The number of nitrogens with zero attached hydrogens (tertiary/aromatic N) is 3. The maximum Gasteiger partial charge on any atom is 0.343 e. The van der Waals surface area contributed by atoms with Crippen molar-refractivity contribution in [3.63, 3.8) is 0 Å². The van der Waals surface area contributed by atoms with E-state index in [2.05, 4.69) is 9.97 Å². The fourth-order valence-electron chi connectivity index (χ4n) is 3.59. The van der Waals surface area contributed by atoms with Gasteiger partial charge in [-0.15, -0.1) is 0 Å². The maximum atomic E-state index is 13.1. The van der Waals surface area contributed by atoms with Crippen molar-refractivity contribution in [1.82, 2.24) is 14.9 Å². The molecule has 0 spiro atoms. The summed E-state index contributed by atoms with van der Waals surface area (Å²) in [7, 11) is 0. The number of ether oxygens (including phenoxy) is 2. The van der Waals surface area contributed by atoms with E-state index in [1.165, 1.54) is 18.6 Å². The van der Waals surface area contributed by atoms with Gasteiger partial charge < -0.3 is 14.4 Å². The number of aryl methyl sites for hydroxylation is 1. The topological polar surface area (TPSA) is 81.6 Å². The quantitative estimate of drug-likeness (QED) is 0.391. The minimum Gasteiger partial charge on any atom is -0.486 e. The van der Waals surface area contributed by atoms with Gasteiger partial charge in [0.05, 0.1) is 23.5 Å². The summed E-state index contributed by atoms with van der Waals surface area (Å²) in [5.74, 6) is -0.200. The Hall–Kier alpha value is -3.88. The van der Waals surface area contributed by atoms with Crippen LogP contribution in [0.1, 0.15) is 50.5 Å². The van der Waals surface area contributed by atoms with Gasteiger partial charge in [0.1, 0.15) is 18.1 Å². The highest BCUT2D eigenvalue weighted by Gasteiger charge is 2.32. The van der Waals surface area contributed by atoms with E-state index in [-0.39, 0.29) is 23.4 Å². The Kier molecular flexibility index (Phi) is 6.30. The second-order valence-electron chi connectivity index (χ2n) is 7.63. The average molecular weight is 453 g/mol. The molecule has 170 valence electrons. The lowest BCUT2D eigenvalue weighted by atomic mass is 10.1. The Bertz CT molecular complexity index is 1190. The molecule has 0 saturated carbocycles. The predicted molar refractivity (Wildman–Crippen MR) is 114 cm³/mol. The zero-order valence-corrected chi connectivity index (χ0v) is 18.0. The van der Waals surface area contributed by atoms with Crippen LogP contribution in [0.3, 0.4) is 0 Å². The number of halogens is 2. The lowest BCUT2D eigenvalue weighted by molar-refractivity contribution is 0.0703. The van der Waals surface area contributed by atoms with Crippen molar-refractivity contribution >= 4 is 11.9 Å². The van der Waals surface area contributed by atoms with E-state index in [0.717, 1.165) is 5.56 Å². The Morgan fingerprint density at radius 1 is 1.18 bits per heavy atom. The molecule has 1 unspecified atom stereocenters. The van der Waals surface area contributed by atoms with E-state index in [0.29, 0.717) is 28.9 Å². The summed E-state index contributed by atoms with van der Waals surface area (Å²) >= 11 is 0. The Morgan fingerprint density at radius 3 is 2.64 bits per heavy atom. The smallest absolute Gasteiger partial charge is 0.343 e. The molecule has 0 aliphatic carbocycles. The molecular weight excluding hydrogens is 432 g/mol. The van der Waals surface area contributed by atoms with Gasteiger partial charge >= 0.3 is 5.97 Å². The number of hydrogen-bond acceptors (Lipinski definition) is 6. The molecule has 1 aliphatic heterocycles. The molecule has 0 saturated heterocycles. The first-order valence-electron chi connectivity index (χ1n) is 10.3. The number of carbonyl (C=O) groups is 2. The fourth-order valence-corrected chi connectivity index (χ4v) is 3.59. The molecule has 0 bridgehead atoms. The number of benzene rings is 1. The number of alkyl halides is 2. The normalized spacial score (nSPS) is 13.7. The first-order valence-corrected chi connectivity index (χ1v) is 10.3. The van der Waals surface area contributed by atoms with E-state index in [4.69, 9.17) is 9.47 Å². The minimum absolute atomic E-state index is 0.211. The molecule has 3 aromatic rings. The molecule has 0 N–H and O–H groups in total. The predicted octanol–water partition coefficient (Wildman–Crippen LogP) is 4.37. The van der Waals surface area contributed by atoms with Gasteiger partial charge in [0.15, 0.2) is 0 Å². The highest BCUT2D eigenvalue weighted by molar-refractivity contribution is 5.99. The summed E-state index contributed by atoms with van der Waals surface area (Å²) < 4.78 is 35.3. The lowest BCUT2D eigenvalue weighted by Gasteiger charge is -2.24. The van der Waals surface area contributed by atoms with Gasteiger partial charge in [0.2, 0.25) is 0 Å². The first-order chi connectivity index (χ1) is 15.8. The van der Waals surface area contributed by atoms with Crippen molar-refractivity contribution in [2.75, 3.05) is 6.61 Å². The van der Waals surface area contributed by atoms with Crippen LogP contribution in [-0.4, -0.2) is 39.8 Å². The molecule has 0 fully saturated rings. The third-order valence-corrected chi connectivity index (χ3v) is 5.38. The number of rotatable bonds is 7. The molecular formula is C24H21F2N3O4. The molecule has 1 atom stereocenters. The van der Waals surface area contributed by atoms with E-state index < -0.39 is 19.0 Å². The molecule has 1 aromatic carbocycles. The highest BCUT2D eigenvalue weighted by atomic mass is 19.3. The number of hydrogen-bond donors (Lipinski definition) is 0. The summed E-state index contributed by atoms with van der Waals surface area (Å²) in [6.45, 7) is 3.25. The van der Waals surface area contributed by atoms with Crippen LogP contribution in [0.4, 0.5) is 8.78 Å². The SMILES string of the molecule is Cc1cc(C(C)N2Cc3ccc(OC(=O)c4ccncc4)cc3C2=O)ncc1OCC(F)F. The zero-order chi connectivity index (χ0) is 23.5. The van der Waals surface area contributed by atoms with E-state index in [9.17, 15) is 18.4 Å². The summed E-state index contributed by atoms with van der Waals surface area (Å²) in [4.78, 5) is 35.2. The van der Waals surface area contributed by atoms with Crippen LogP contribution in [-0.2, 0) is 6.54 Å². The highest BCUT2D eigenvalue weighted by Crippen LogP contribution is 2.33. The van der Waals surface area contributed by atoms with Gasteiger partial charge in [0.25, 0.3) is 12.3 Å². The maximum absolute atomic E-state index is 13.1. The molecule has 7 nitrogen and oxygen atoms in total. The van der Waals surface area contributed by atoms with Crippen molar-refractivity contribution in [3.05, 3.63) is 82.9 Å². The summed E-state index contributed by atoms with van der Waals surface area (Å²) in [5.41, 5.74) is 2.89. The Labute approximate surface area is 189 Å². The number of pyridine rings is 2. The average Bonchev–Trinajstić information content (AvgIpc) is 3.14. The van der Waals surface area contributed by atoms with Gasteiger partial charge in [-0.25, -0.2) is 13.6 Å². The molecule has 33 heavy (non-hydrogen) atoms. The van der Waals surface area contributed by atoms with Crippen LogP contribution in [0.2, 0.25) is 0 Å². The molecule has 1 amide bonds. The van der Waals surface area contributed by atoms with Crippen LogP contribution in [0.5, 0.6) is 11.5 Å². The molecule has 0 radical (unpaired) electrons. The van der Waals surface area contributed by atoms with Crippen molar-refractivity contribution in [2.45, 2.75) is 32.9 Å². The van der Waals surface area contributed by atoms with Gasteiger partial charge in [0, 0.05) is 24.5 Å². The number of esters is 1. The zero-order valence-electron chi connectivity index (χ0n) is 18.0. The second kappa shape index (κ2) is 9.32. The van der Waals surface area contributed by atoms with E-state index >= 15 is 0 Å². The van der Waals surface area contributed by atoms with E-state index in [1.54, 1.807) is 48.2 Å². The standard InChI is InChI=1S/C24H21F2N3O4/c1-14-9-20(28-11-21(14)32-13-22(25)26)15(2)29-12-17-3-4-18(10-19(17)23(29)30)33-24(31)16-5-7-27-8-6-16/h3-11,15,22H,12-13H2,1-2H3. The summed E-state index contributed by atoms with van der Waals surface area (Å²) in [6, 6.07) is 9.42. The molecule has 1 aliphatic rings. The van der Waals surface area contributed by atoms with Gasteiger partial charge in [-0.05, 0) is 55.3 Å². The Morgan fingerprint density at radius 2 is 1.94 bits per heavy atom. The van der Waals surface area contributed by atoms with Crippen LogP contribution >= 0.6 is 0 Å². The van der Waals surface area contributed by atoms with Crippen molar-refractivity contribution < 1.29 is 27.8 Å². The second-order valence-corrected chi connectivity index (χ2v) is 7.63. The van der Waals surface area contributed by atoms with Crippen molar-refractivity contribution in [1.29, 1.82) is 0 Å². The fraction of sp³-hybridized carbons (Fsp3) is 0.250. The Balaban J connectivity index is 1.48. The van der Waals surface area contributed by atoms with Gasteiger partial charge in [-0.2, -0.15) is 0 Å². The largest absolute Gasteiger partial charge is 0.486 e. The number of amides is 1. The van der Waals surface area contributed by atoms with Gasteiger partial charge in [-0.1, -0.05) is 6.07 Å². The van der Waals surface area contributed by atoms with Crippen molar-refractivity contribution in [2.24, 2.45) is 0 Å². The lowest BCUT2D eigenvalue weighted by Crippen LogP contribution is -2.28. The van der Waals surface area contributed by atoms with Crippen LogP contribution < -0.4 is 9.47 Å². The summed E-state index contributed by atoms with van der Waals surface area (Å²) in [6.07, 6.45) is 1.82. The van der Waals surface area contributed by atoms with Gasteiger partial charge in [-0.3, -0.25) is 14.8 Å². The first kappa shape index (κ1) is 22.3. The molecule has 2 aromatic heterocycles. The number of fused-ring (bicyclic) bond motifs is 1. The number of aromatic nitrogens is 2. The minimum atomic E-state index is -2.57. The van der Waals surface area contributed by atoms with E-state index in [1.807, 2.05) is 6.92 Å². The van der Waals surface area contributed by atoms with Crippen molar-refractivity contribution in [3.8, 4) is 11.5 Å².